The lowest BCUT2D eigenvalue weighted by Gasteiger charge is -2.07. The first-order valence-electron chi connectivity index (χ1n) is 5.14. The molecule has 2 aromatic rings. The Morgan fingerprint density at radius 2 is 2.18 bits per heavy atom. The Labute approximate surface area is 98.3 Å². The van der Waals surface area contributed by atoms with Crippen molar-refractivity contribution in [3.05, 3.63) is 59.7 Å². The summed E-state index contributed by atoms with van der Waals surface area (Å²) in [5.74, 6) is -0.615. The zero-order valence-corrected chi connectivity index (χ0v) is 9.27. The van der Waals surface area contributed by atoms with E-state index in [1.807, 2.05) is 0 Å². The number of halogens is 1. The molecule has 1 N–H and O–H groups in total. The van der Waals surface area contributed by atoms with Crippen LogP contribution in [0.15, 0.2) is 42.7 Å². The Kier molecular flexibility index (Phi) is 3.14. The van der Waals surface area contributed by atoms with Crippen molar-refractivity contribution in [1.29, 1.82) is 0 Å². The molecule has 4 heteroatoms. The van der Waals surface area contributed by atoms with Crippen LogP contribution in [-0.2, 0) is 0 Å². The Balaban J connectivity index is 2.21. The first-order valence-corrected chi connectivity index (χ1v) is 5.14. The molecule has 1 aromatic carbocycles. The highest BCUT2D eigenvalue weighted by molar-refractivity contribution is 6.05. The van der Waals surface area contributed by atoms with Gasteiger partial charge in [-0.25, -0.2) is 4.39 Å². The molecule has 1 aromatic heterocycles. The number of aryl methyl sites for hydroxylation is 1. The molecule has 0 aliphatic rings. The number of benzene rings is 1. The van der Waals surface area contributed by atoms with Crippen molar-refractivity contribution in [3.8, 4) is 0 Å². The topological polar surface area (TPSA) is 42.0 Å². The van der Waals surface area contributed by atoms with Crippen LogP contribution in [0.4, 0.5) is 10.1 Å². The fourth-order valence-corrected chi connectivity index (χ4v) is 1.52. The van der Waals surface area contributed by atoms with Gasteiger partial charge < -0.3 is 5.32 Å². The number of nitrogens with one attached hydrogen (secondary N) is 1. The maximum Gasteiger partial charge on any atom is 0.255 e. The minimum absolute atomic E-state index is 0.268. The number of pyridine rings is 1. The Morgan fingerprint density at radius 1 is 1.35 bits per heavy atom. The minimum atomic E-state index is -0.347. The number of anilines is 1. The van der Waals surface area contributed by atoms with Crippen LogP contribution in [-0.4, -0.2) is 10.9 Å². The Morgan fingerprint density at radius 3 is 2.82 bits per heavy atom. The fraction of sp³-hybridized carbons (Fsp3) is 0.0769. The zero-order valence-electron chi connectivity index (χ0n) is 9.27. The van der Waals surface area contributed by atoms with Gasteiger partial charge in [-0.1, -0.05) is 0 Å². The molecular weight excluding hydrogens is 219 g/mol. The van der Waals surface area contributed by atoms with Crippen molar-refractivity contribution in [1.82, 2.24) is 4.98 Å². The lowest BCUT2D eigenvalue weighted by atomic mass is 10.1. The van der Waals surface area contributed by atoms with E-state index in [0.29, 0.717) is 16.8 Å². The largest absolute Gasteiger partial charge is 0.321 e. The molecule has 3 nitrogen and oxygen atoms in total. The summed E-state index contributed by atoms with van der Waals surface area (Å²) in [5, 5.41) is 2.69. The summed E-state index contributed by atoms with van der Waals surface area (Å²) >= 11 is 0. The fourth-order valence-electron chi connectivity index (χ4n) is 1.52. The summed E-state index contributed by atoms with van der Waals surface area (Å²) in [7, 11) is 0. The summed E-state index contributed by atoms with van der Waals surface area (Å²) in [6.45, 7) is 1.70. The standard InChI is InChI=1S/C13H11FN2O/c1-9-7-10(14)4-5-12(9)13(17)16-11-3-2-6-15-8-11/h2-8H,1H3,(H,16,17). The molecule has 0 atom stereocenters. The normalized spacial score (nSPS) is 10.0. The summed E-state index contributed by atoms with van der Waals surface area (Å²) in [5.41, 5.74) is 1.67. The van der Waals surface area contributed by atoms with E-state index in [1.165, 1.54) is 18.2 Å². The van der Waals surface area contributed by atoms with Crippen LogP contribution in [0, 0.1) is 12.7 Å². The highest BCUT2D eigenvalue weighted by Gasteiger charge is 2.09. The van der Waals surface area contributed by atoms with Crippen molar-refractivity contribution in [2.24, 2.45) is 0 Å². The SMILES string of the molecule is Cc1cc(F)ccc1C(=O)Nc1cccnc1. The van der Waals surface area contributed by atoms with Crippen LogP contribution >= 0.6 is 0 Å². The van der Waals surface area contributed by atoms with Gasteiger partial charge in [0.15, 0.2) is 0 Å². The lowest BCUT2D eigenvalue weighted by Crippen LogP contribution is -2.13. The second kappa shape index (κ2) is 4.74. The van der Waals surface area contributed by atoms with Gasteiger partial charge in [0.1, 0.15) is 5.82 Å². The molecule has 86 valence electrons. The Hall–Kier alpha value is -2.23. The number of hydrogen-bond donors (Lipinski definition) is 1. The number of amides is 1. The van der Waals surface area contributed by atoms with E-state index in [9.17, 15) is 9.18 Å². The zero-order chi connectivity index (χ0) is 12.3. The molecule has 0 unspecified atom stereocenters. The molecule has 1 amide bonds. The lowest BCUT2D eigenvalue weighted by molar-refractivity contribution is 0.102. The molecule has 0 saturated heterocycles. The molecule has 0 aliphatic carbocycles. The molecule has 1 heterocycles. The second-order valence-corrected chi connectivity index (χ2v) is 3.66. The molecule has 0 aliphatic heterocycles. The predicted molar refractivity (Wildman–Crippen MR) is 63.3 cm³/mol. The number of carbonyl (C=O) groups excluding carboxylic acids is 1. The van der Waals surface area contributed by atoms with Gasteiger partial charge in [-0.3, -0.25) is 9.78 Å². The molecule has 0 saturated carbocycles. The van der Waals surface area contributed by atoms with Gasteiger partial charge in [0.2, 0.25) is 0 Å². The summed E-state index contributed by atoms with van der Waals surface area (Å²) < 4.78 is 12.9. The molecule has 0 fully saturated rings. The van der Waals surface area contributed by atoms with Crippen LogP contribution in [0.2, 0.25) is 0 Å². The van der Waals surface area contributed by atoms with Gasteiger partial charge in [-0.2, -0.15) is 0 Å². The third-order valence-electron chi connectivity index (χ3n) is 2.35. The van der Waals surface area contributed by atoms with Gasteiger partial charge in [-0.05, 0) is 42.8 Å². The van der Waals surface area contributed by atoms with Gasteiger partial charge in [0.25, 0.3) is 5.91 Å². The van der Waals surface area contributed by atoms with Crippen LogP contribution in [0.3, 0.4) is 0 Å². The summed E-state index contributed by atoms with van der Waals surface area (Å²) in [6.07, 6.45) is 3.18. The molecule has 17 heavy (non-hydrogen) atoms. The third-order valence-corrected chi connectivity index (χ3v) is 2.35. The van der Waals surface area contributed by atoms with Gasteiger partial charge in [0.05, 0.1) is 11.9 Å². The van der Waals surface area contributed by atoms with E-state index < -0.39 is 0 Å². The second-order valence-electron chi connectivity index (χ2n) is 3.66. The first kappa shape index (κ1) is 11.3. The van der Waals surface area contributed by atoms with E-state index >= 15 is 0 Å². The average molecular weight is 230 g/mol. The van der Waals surface area contributed by atoms with Crippen LogP contribution in [0.5, 0.6) is 0 Å². The molecule has 0 spiro atoms. The van der Waals surface area contributed by atoms with Crippen molar-refractivity contribution in [2.45, 2.75) is 6.92 Å². The van der Waals surface area contributed by atoms with Gasteiger partial charge in [-0.15, -0.1) is 0 Å². The summed E-state index contributed by atoms with van der Waals surface area (Å²) in [6, 6.07) is 7.54. The van der Waals surface area contributed by atoms with E-state index in [2.05, 4.69) is 10.3 Å². The van der Waals surface area contributed by atoms with Gasteiger partial charge in [0, 0.05) is 11.8 Å². The number of carbonyl (C=O) groups is 1. The number of hydrogen-bond acceptors (Lipinski definition) is 2. The number of rotatable bonds is 2. The Bertz CT molecular complexity index is 540. The van der Waals surface area contributed by atoms with Crippen LogP contribution < -0.4 is 5.32 Å². The predicted octanol–water partition coefficient (Wildman–Crippen LogP) is 2.78. The third kappa shape index (κ3) is 2.66. The number of nitrogens with zero attached hydrogens (tertiary/aromatic N) is 1. The van der Waals surface area contributed by atoms with Crippen LogP contribution in [0.1, 0.15) is 15.9 Å². The van der Waals surface area contributed by atoms with E-state index in [1.54, 1.807) is 31.5 Å². The quantitative estimate of drug-likeness (QED) is 0.861. The number of aromatic nitrogens is 1. The minimum Gasteiger partial charge on any atom is -0.321 e. The van der Waals surface area contributed by atoms with E-state index in [4.69, 9.17) is 0 Å². The monoisotopic (exact) mass is 230 g/mol. The molecular formula is C13H11FN2O. The molecule has 0 radical (unpaired) electrons. The summed E-state index contributed by atoms with van der Waals surface area (Å²) in [4.78, 5) is 15.8. The molecule has 0 bridgehead atoms. The maximum absolute atomic E-state index is 12.9. The van der Waals surface area contributed by atoms with Crippen molar-refractivity contribution >= 4 is 11.6 Å². The smallest absolute Gasteiger partial charge is 0.255 e. The van der Waals surface area contributed by atoms with Gasteiger partial charge >= 0.3 is 0 Å². The van der Waals surface area contributed by atoms with Crippen molar-refractivity contribution in [3.63, 3.8) is 0 Å². The molecule has 2 rings (SSSR count). The van der Waals surface area contributed by atoms with Crippen LogP contribution in [0.25, 0.3) is 0 Å². The van der Waals surface area contributed by atoms with E-state index in [-0.39, 0.29) is 11.7 Å². The average Bonchev–Trinajstić information content (AvgIpc) is 2.30. The van der Waals surface area contributed by atoms with Crippen molar-refractivity contribution in [2.75, 3.05) is 5.32 Å². The highest BCUT2D eigenvalue weighted by atomic mass is 19.1. The first-order chi connectivity index (χ1) is 8.16. The van der Waals surface area contributed by atoms with E-state index in [0.717, 1.165) is 0 Å². The highest BCUT2D eigenvalue weighted by Crippen LogP contribution is 2.12. The maximum atomic E-state index is 12.9. The van der Waals surface area contributed by atoms with Crippen molar-refractivity contribution < 1.29 is 9.18 Å².